The van der Waals surface area contributed by atoms with Crippen LogP contribution in [0, 0.1) is 0 Å². The largest absolute Gasteiger partial charge is 0.497 e. The average Bonchev–Trinajstić information content (AvgIpc) is 3.13. The summed E-state index contributed by atoms with van der Waals surface area (Å²) in [5.74, 6) is 0.802. The minimum atomic E-state index is -0.729. The second-order valence-corrected chi connectivity index (χ2v) is 9.29. The summed E-state index contributed by atoms with van der Waals surface area (Å²) in [6.07, 6.45) is 1.72. The summed E-state index contributed by atoms with van der Waals surface area (Å²) in [5, 5.41) is 0. The molecule has 8 heteroatoms. The van der Waals surface area contributed by atoms with Crippen LogP contribution in [0.15, 0.2) is 69.6 Å². The first kappa shape index (κ1) is 24.5. The van der Waals surface area contributed by atoms with Gasteiger partial charge in [0.05, 0.1) is 35.6 Å². The van der Waals surface area contributed by atoms with Gasteiger partial charge in [0.2, 0.25) is 0 Å². The number of para-hydroxylation sites is 1. The number of carbonyl (C=O) groups excluding carboxylic acids is 1. The maximum Gasteiger partial charge on any atom is 0.338 e. The van der Waals surface area contributed by atoms with Crippen molar-refractivity contribution in [3.8, 4) is 11.5 Å². The van der Waals surface area contributed by atoms with Crippen molar-refractivity contribution in [3.63, 3.8) is 0 Å². The van der Waals surface area contributed by atoms with Gasteiger partial charge in [-0.15, -0.1) is 0 Å². The van der Waals surface area contributed by atoms with Crippen molar-refractivity contribution in [1.82, 2.24) is 4.57 Å². The van der Waals surface area contributed by atoms with Crippen molar-refractivity contribution in [2.45, 2.75) is 39.8 Å². The molecular formula is C27H28N2O5S. The van der Waals surface area contributed by atoms with Gasteiger partial charge in [0.25, 0.3) is 5.56 Å². The number of nitrogens with zero attached hydrogens (tertiary/aromatic N) is 2. The number of benzene rings is 2. The number of hydrogen-bond donors (Lipinski definition) is 0. The zero-order valence-electron chi connectivity index (χ0n) is 20.4. The molecule has 7 nitrogen and oxygen atoms in total. The lowest BCUT2D eigenvalue weighted by Gasteiger charge is -2.26. The topological polar surface area (TPSA) is 79.1 Å². The van der Waals surface area contributed by atoms with Crippen molar-refractivity contribution in [2.75, 3.05) is 13.7 Å². The molecule has 0 N–H and O–H groups in total. The Morgan fingerprint density at radius 3 is 2.69 bits per heavy atom. The van der Waals surface area contributed by atoms with E-state index >= 15 is 0 Å². The highest BCUT2D eigenvalue weighted by atomic mass is 32.1. The average molecular weight is 493 g/mol. The zero-order chi connectivity index (χ0) is 25.1. The summed E-state index contributed by atoms with van der Waals surface area (Å²) in [5.41, 5.74) is 2.13. The first-order valence-corrected chi connectivity index (χ1v) is 12.2. The van der Waals surface area contributed by atoms with Crippen LogP contribution in [-0.2, 0) is 9.53 Å². The molecule has 1 aromatic heterocycles. The second-order valence-electron chi connectivity index (χ2n) is 8.28. The Morgan fingerprint density at radius 1 is 1.20 bits per heavy atom. The number of esters is 1. The molecule has 182 valence electrons. The third-order valence-electron chi connectivity index (χ3n) is 5.48. The van der Waals surface area contributed by atoms with Gasteiger partial charge in [-0.1, -0.05) is 41.7 Å². The molecule has 0 bridgehead atoms. The molecule has 0 spiro atoms. The smallest absolute Gasteiger partial charge is 0.338 e. The summed E-state index contributed by atoms with van der Waals surface area (Å²) in [6.45, 7) is 7.60. The molecule has 2 aromatic carbocycles. The lowest BCUT2D eigenvalue weighted by Crippen LogP contribution is -2.40. The Balaban J connectivity index is 1.97. The third-order valence-corrected chi connectivity index (χ3v) is 6.47. The van der Waals surface area contributed by atoms with Crippen LogP contribution in [0.3, 0.4) is 0 Å². The van der Waals surface area contributed by atoms with Gasteiger partial charge in [0.1, 0.15) is 17.5 Å². The van der Waals surface area contributed by atoms with E-state index in [-0.39, 0.29) is 18.3 Å². The van der Waals surface area contributed by atoms with Gasteiger partial charge >= 0.3 is 5.97 Å². The van der Waals surface area contributed by atoms with Gasteiger partial charge in [-0.2, -0.15) is 0 Å². The monoisotopic (exact) mass is 492 g/mol. The number of fused-ring (bicyclic) bond motifs is 1. The van der Waals surface area contributed by atoms with Gasteiger partial charge in [-0.25, -0.2) is 9.79 Å². The summed E-state index contributed by atoms with van der Waals surface area (Å²) < 4.78 is 18.8. The summed E-state index contributed by atoms with van der Waals surface area (Å²) in [6, 6.07) is 14.2. The maximum atomic E-state index is 13.8. The van der Waals surface area contributed by atoms with Gasteiger partial charge in [0.15, 0.2) is 4.80 Å². The van der Waals surface area contributed by atoms with E-state index in [2.05, 4.69) is 4.99 Å². The molecule has 4 rings (SSSR count). The Bertz CT molecular complexity index is 1470. The quantitative estimate of drug-likeness (QED) is 0.471. The number of allylic oxidation sites excluding steroid dienone is 1. The van der Waals surface area contributed by atoms with E-state index in [4.69, 9.17) is 14.2 Å². The molecule has 35 heavy (non-hydrogen) atoms. The summed E-state index contributed by atoms with van der Waals surface area (Å²) >= 11 is 1.28. The predicted octanol–water partition coefficient (Wildman–Crippen LogP) is 3.59. The van der Waals surface area contributed by atoms with Crippen molar-refractivity contribution in [2.24, 2.45) is 4.99 Å². The van der Waals surface area contributed by atoms with Crippen LogP contribution in [0.25, 0.3) is 6.08 Å². The van der Waals surface area contributed by atoms with Crippen molar-refractivity contribution < 1.29 is 19.0 Å². The van der Waals surface area contributed by atoms with Crippen molar-refractivity contribution in [1.29, 1.82) is 0 Å². The first-order valence-electron chi connectivity index (χ1n) is 11.4. The number of carbonyl (C=O) groups is 1. The lowest BCUT2D eigenvalue weighted by molar-refractivity contribution is -0.139. The second kappa shape index (κ2) is 10.3. The number of aromatic nitrogens is 1. The van der Waals surface area contributed by atoms with E-state index in [0.717, 1.165) is 5.56 Å². The number of thiazole rings is 1. The number of rotatable bonds is 7. The van der Waals surface area contributed by atoms with Crippen LogP contribution in [0.5, 0.6) is 11.5 Å². The molecule has 3 aromatic rings. The SMILES string of the molecule is CCOC(=O)C1=C(C)N=c2s/c(=C/c3cccc(OC)c3)c(=O)n2[C@H]1c1ccccc1OC(C)C. The fourth-order valence-electron chi connectivity index (χ4n) is 4.04. The molecule has 0 unspecified atom stereocenters. The molecular weight excluding hydrogens is 464 g/mol. The lowest BCUT2D eigenvalue weighted by atomic mass is 9.95. The highest BCUT2D eigenvalue weighted by molar-refractivity contribution is 7.07. The normalized spacial score (nSPS) is 15.6. The van der Waals surface area contributed by atoms with Crippen LogP contribution in [0.4, 0.5) is 0 Å². The van der Waals surface area contributed by atoms with Crippen LogP contribution in [0.1, 0.15) is 44.9 Å². The van der Waals surface area contributed by atoms with Crippen molar-refractivity contribution in [3.05, 3.63) is 90.6 Å². The Morgan fingerprint density at radius 2 is 1.97 bits per heavy atom. The predicted molar refractivity (Wildman–Crippen MR) is 136 cm³/mol. The fourth-order valence-corrected chi connectivity index (χ4v) is 5.08. The van der Waals surface area contributed by atoms with E-state index in [1.54, 1.807) is 25.5 Å². The van der Waals surface area contributed by atoms with E-state index in [1.165, 1.54) is 11.3 Å². The van der Waals surface area contributed by atoms with Gasteiger partial charge < -0.3 is 14.2 Å². The number of methoxy groups -OCH3 is 1. The van der Waals surface area contributed by atoms with Crippen LogP contribution in [0.2, 0.25) is 0 Å². The maximum absolute atomic E-state index is 13.8. The first-order chi connectivity index (χ1) is 16.8. The molecule has 0 saturated carbocycles. The van der Waals surface area contributed by atoms with Crippen LogP contribution >= 0.6 is 11.3 Å². The summed E-state index contributed by atoms with van der Waals surface area (Å²) in [4.78, 5) is 32.0. The molecule has 0 amide bonds. The minimum Gasteiger partial charge on any atom is -0.497 e. The molecule has 0 aliphatic carbocycles. The Labute approximate surface area is 207 Å². The number of hydrogen-bond acceptors (Lipinski definition) is 7. The van der Waals surface area contributed by atoms with Gasteiger partial charge in [-0.3, -0.25) is 9.36 Å². The highest BCUT2D eigenvalue weighted by Gasteiger charge is 2.35. The molecule has 0 saturated heterocycles. The standard InChI is InChI=1S/C27H28N2O5S/c1-6-33-26(31)23-17(4)28-27-29(24(23)20-12-7-8-13-21(20)34-16(2)3)25(30)22(35-27)15-18-10-9-11-19(14-18)32-5/h7-16,24H,6H2,1-5H3/b22-15+/t24-/m0/s1. The molecule has 1 aliphatic heterocycles. The molecule has 2 heterocycles. The fraction of sp³-hybridized carbons (Fsp3) is 0.296. The zero-order valence-corrected chi connectivity index (χ0v) is 21.2. The van der Waals surface area contributed by atoms with E-state index in [1.807, 2.05) is 68.5 Å². The van der Waals surface area contributed by atoms with E-state index in [9.17, 15) is 9.59 Å². The molecule has 1 aliphatic rings. The van der Waals surface area contributed by atoms with Crippen LogP contribution in [-0.4, -0.2) is 30.4 Å². The number of ether oxygens (including phenoxy) is 3. The van der Waals surface area contributed by atoms with Gasteiger partial charge in [0, 0.05) is 5.56 Å². The Kier molecular flexibility index (Phi) is 7.21. The van der Waals surface area contributed by atoms with E-state index < -0.39 is 12.0 Å². The van der Waals surface area contributed by atoms with Gasteiger partial charge in [-0.05, 0) is 57.5 Å². The van der Waals surface area contributed by atoms with Crippen LogP contribution < -0.4 is 24.4 Å². The molecule has 0 fully saturated rings. The minimum absolute atomic E-state index is 0.0869. The van der Waals surface area contributed by atoms with Crippen molar-refractivity contribution >= 4 is 23.4 Å². The molecule has 1 atom stereocenters. The van der Waals surface area contributed by atoms with E-state index in [0.29, 0.717) is 37.7 Å². The summed E-state index contributed by atoms with van der Waals surface area (Å²) in [7, 11) is 1.60. The highest BCUT2D eigenvalue weighted by Crippen LogP contribution is 2.36. The molecule has 0 radical (unpaired) electrons. The third kappa shape index (κ3) is 4.93. The Hall–Kier alpha value is -3.65.